The maximum Gasteiger partial charge on any atom is 0.141 e. The fourth-order valence-electron chi connectivity index (χ4n) is 2.20. The van der Waals surface area contributed by atoms with Gasteiger partial charge >= 0.3 is 0 Å². The van der Waals surface area contributed by atoms with E-state index in [0.29, 0.717) is 0 Å². The largest absolute Gasteiger partial charge is 0.497 e. The Kier molecular flexibility index (Phi) is 4.01. The number of benzene rings is 1. The lowest BCUT2D eigenvalue weighted by atomic mass is 10.2. The molecule has 0 N–H and O–H groups in total. The van der Waals surface area contributed by atoms with Gasteiger partial charge in [0.05, 0.1) is 7.11 Å². The van der Waals surface area contributed by atoms with E-state index < -0.39 is 0 Å². The van der Waals surface area contributed by atoms with E-state index in [9.17, 15) is 0 Å². The smallest absolute Gasteiger partial charge is 0.141 e. The Bertz CT molecular complexity index is 755. The van der Waals surface area contributed by atoms with Crippen LogP contribution >= 0.6 is 15.9 Å². The van der Waals surface area contributed by atoms with Gasteiger partial charge in [0.25, 0.3) is 0 Å². The molecule has 0 aliphatic carbocycles. The molecule has 0 atom stereocenters. The molecule has 0 bridgehead atoms. The number of hydrogen-bond acceptors (Lipinski definition) is 3. The first-order valence-corrected chi connectivity index (χ1v) is 7.30. The SMILES string of the molecule is COc1cccc(Cn2ccnc2-c2cncc(Br)c2)c1. The van der Waals surface area contributed by atoms with E-state index in [0.717, 1.165) is 33.7 Å². The molecule has 0 aliphatic heterocycles. The van der Waals surface area contributed by atoms with Crippen LogP contribution in [0, 0.1) is 0 Å². The number of pyridine rings is 1. The zero-order chi connectivity index (χ0) is 14.7. The van der Waals surface area contributed by atoms with E-state index in [1.54, 1.807) is 19.5 Å². The van der Waals surface area contributed by atoms with Gasteiger partial charge in [-0.1, -0.05) is 12.1 Å². The molecule has 0 aliphatic rings. The zero-order valence-electron chi connectivity index (χ0n) is 11.5. The lowest BCUT2D eigenvalue weighted by Gasteiger charge is -2.09. The summed E-state index contributed by atoms with van der Waals surface area (Å²) in [6.07, 6.45) is 7.35. The molecule has 0 saturated carbocycles. The van der Waals surface area contributed by atoms with Gasteiger partial charge in [-0.2, -0.15) is 0 Å². The van der Waals surface area contributed by atoms with Gasteiger partial charge in [0.1, 0.15) is 11.6 Å². The van der Waals surface area contributed by atoms with Gasteiger partial charge in [-0.3, -0.25) is 4.98 Å². The average Bonchev–Trinajstić information content (AvgIpc) is 2.95. The Hall–Kier alpha value is -2.14. The molecule has 3 rings (SSSR count). The summed E-state index contributed by atoms with van der Waals surface area (Å²) in [6, 6.07) is 10.0. The number of aromatic nitrogens is 3. The third-order valence-electron chi connectivity index (χ3n) is 3.17. The Morgan fingerprint density at radius 2 is 2.14 bits per heavy atom. The Morgan fingerprint density at radius 1 is 1.24 bits per heavy atom. The molecule has 5 heteroatoms. The van der Waals surface area contributed by atoms with E-state index in [1.165, 1.54) is 0 Å². The lowest BCUT2D eigenvalue weighted by molar-refractivity contribution is 0.414. The highest BCUT2D eigenvalue weighted by atomic mass is 79.9. The summed E-state index contributed by atoms with van der Waals surface area (Å²) in [5.41, 5.74) is 2.15. The summed E-state index contributed by atoms with van der Waals surface area (Å²) in [6.45, 7) is 0.735. The van der Waals surface area contributed by atoms with Crippen LogP contribution in [0.3, 0.4) is 0 Å². The number of hydrogen-bond donors (Lipinski definition) is 0. The van der Waals surface area contributed by atoms with Crippen LogP contribution in [0.4, 0.5) is 0 Å². The second-order valence-electron chi connectivity index (χ2n) is 4.62. The molecule has 21 heavy (non-hydrogen) atoms. The Labute approximate surface area is 131 Å². The summed E-state index contributed by atoms with van der Waals surface area (Å²) in [5.74, 6) is 1.75. The molecule has 0 unspecified atom stereocenters. The van der Waals surface area contributed by atoms with Gasteiger partial charge in [0.15, 0.2) is 0 Å². The quantitative estimate of drug-likeness (QED) is 0.723. The summed E-state index contributed by atoms with van der Waals surface area (Å²) < 4.78 is 8.30. The highest BCUT2D eigenvalue weighted by molar-refractivity contribution is 9.10. The van der Waals surface area contributed by atoms with Crippen LogP contribution in [0.1, 0.15) is 5.56 Å². The molecule has 0 spiro atoms. The molecular weight excluding hydrogens is 330 g/mol. The molecule has 2 aromatic heterocycles. The normalized spacial score (nSPS) is 10.6. The van der Waals surface area contributed by atoms with Crippen molar-refractivity contribution in [2.24, 2.45) is 0 Å². The minimum Gasteiger partial charge on any atom is -0.497 e. The summed E-state index contributed by atoms with van der Waals surface area (Å²) in [7, 11) is 1.68. The third kappa shape index (κ3) is 3.13. The van der Waals surface area contributed by atoms with Gasteiger partial charge < -0.3 is 9.30 Å². The number of rotatable bonds is 4. The van der Waals surface area contributed by atoms with Crippen LogP contribution in [-0.2, 0) is 6.54 Å². The number of halogens is 1. The second-order valence-corrected chi connectivity index (χ2v) is 5.54. The molecule has 0 saturated heterocycles. The number of imidazole rings is 1. The van der Waals surface area contributed by atoms with Crippen LogP contribution in [0.2, 0.25) is 0 Å². The predicted molar refractivity (Wildman–Crippen MR) is 85.3 cm³/mol. The van der Waals surface area contributed by atoms with Crippen LogP contribution in [-0.4, -0.2) is 21.6 Å². The van der Waals surface area contributed by atoms with Crippen molar-refractivity contribution in [1.82, 2.24) is 14.5 Å². The molecule has 106 valence electrons. The zero-order valence-corrected chi connectivity index (χ0v) is 13.1. The van der Waals surface area contributed by atoms with Crippen molar-refractivity contribution in [1.29, 1.82) is 0 Å². The van der Waals surface area contributed by atoms with Crippen LogP contribution in [0.15, 0.2) is 59.6 Å². The van der Waals surface area contributed by atoms with E-state index in [-0.39, 0.29) is 0 Å². The van der Waals surface area contributed by atoms with E-state index in [4.69, 9.17) is 4.74 Å². The lowest BCUT2D eigenvalue weighted by Crippen LogP contribution is -2.01. The molecular formula is C16H14BrN3O. The van der Waals surface area contributed by atoms with E-state index >= 15 is 0 Å². The highest BCUT2D eigenvalue weighted by Gasteiger charge is 2.07. The van der Waals surface area contributed by atoms with Crippen LogP contribution < -0.4 is 4.74 Å². The minimum atomic E-state index is 0.735. The molecule has 1 aromatic carbocycles. The number of ether oxygens (including phenoxy) is 1. The van der Waals surface area contributed by atoms with Gasteiger partial charge in [-0.25, -0.2) is 4.98 Å². The van der Waals surface area contributed by atoms with Gasteiger partial charge in [0.2, 0.25) is 0 Å². The van der Waals surface area contributed by atoms with Gasteiger partial charge in [-0.05, 0) is 39.7 Å². The van der Waals surface area contributed by atoms with Crippen molar-refractivity contribution in [3.63, 3.8) is 0 Å². The second kappa shape index (κ2) is 6.10. The fraction of sp³-hybridized carbons (Fsp3) is 0.125. The highest BCUT2D eigenvalue weighted by Crippen LogP contribution is 2.22. The van der Waals surface area contributed by atoms with Crippen molar-refractivity contribution in [3.05, 3.63) is 65.2 Å². The van der Waals surface area contributed by atoms with E-state index in [2.05, 4.69) is 36.5 Å². The molecule has 4 nitrogen and oxygen atoms in total. The third-order valence-corrected chi connectivity index (χ3v) is 3.60. The monoisotopic (exact) mass is 343 g/mol. The van der Waals surface area contributed by atoms with Gasteiger partial charge in [0, 0.05) is 41.4 Å². The topological polar surface area (TPSA) is 39.9 Å². The maximum atomic E-state index is 5.26. The molecule has 0 amide bonds. The number of methoxy groups -OCH3 is 1. The number of nitrogens with zero attached hydrogens (tertiary/aromatic N) is 3. The van der Waals surface area contributed by atoms with Crippen molar-refractivity contribution >= 4 is 15.9 Å². The first kappa shape index (κ1) is 13.8. The molecule has 0 radical (unpaired) electrons. The average molecular weight is 344 g/mol. The fourth-order valence-corrected chi connectivity index (χ4v) is 2.56. The first-order valence-electron chi connectivity index (χ1n) is 6.51. The minimum absolute atomic E-state index is 0.735. The van der Waals surface area contributed by atoms with Crippen molar-refractivity contribution in [2.45, 2.75) is 6.54 Å². The maximum absolute atomic E-state index is 5.26. The summed E-state index contributed by atoms with van der Waals surface area (Å²) >= 11 is 3.44. The van der Waals surface area contributed by atoms with Crippen molar-refractivity contribution in [3.8, 4) is 17.1 Å². The first-order chi connectivity index (χ1) is 10.3. The molecule has 2 heterocycles. The van der Waals surface area contributed by atoms with Crippen LogP contribution in [0.25, 0.3) is 11.4 Å². The van der Waals surface area contributed by atoms with E-state index in [1.807, 2.05) is 36.7 Å². The standard InChI is InChI=1S/C16H14BrN3O/c1-21-15-4-2-3-12(7-15)11-20-6-5-19-16(20)13-8-14(17)10-18-9-13/h2-10H,11H2,1H3. The summed E-state index contributed by atoms with van der Waals surface area (Å²) in [5, 5.41) is 0. The van der Waals surface area contributed by atoms with Crippen molar-refractivity contribution < 1.29 is 4.74 Å². The summed E-state index contributed by atoms with van der Waals surface area (Å²) in [4.78, 5) is 8.63. The van der Waals surface area contributed by atoms with Crippen molar-refractivity contribution in [2.75, 3.05) is 7.11 Å². The Balaban J connectivity index is 1.92. The Morgan fingerprint density at radius 3 is 2.95 bits per heavy atom. The van der Waals surface area contributed by atoms with Gasteiger partial charge in [-0.15, -0.1) is 0 Å². The van der Waals surface area contributed by atoms with Crippen LogP contribution in [0.5, 0.6) is 5.75 Å². The molecule has 3 aromatic rings. The predicted octanol–water partition coefficient (Wildman–Crippen LogP) is 3.76. The molecule has 0 fully saturated rings.